The topological polar surface area (TPSA) is 78.8 Å². The lowest BCUT2D eigenvalue weighted by atomic mass is 10.0. The largest absolute Gasteiger partial charge is 0.481 e. The molecule has 1 unspecified atom stereocenters. The number of hydrogen-bond donors (Lipinski definition) is 3. The fourth-order valence-electron chi connectivity index (χ4n) is 1.77. The number of carbonyl (C=O) groups is 1. The monoisotopic (exact) mass is 281 g/mol. The number of rotatable bonds is 10. The standard InChI is InChI=1S/C15H23NO4/c1-12(15(18)19)14-5-3-13(4-6-14)11-16-7-2-9-20-10-8-17/h3-6,12,16-17H,2,7-11H2,1H3,(H,18,19). The summed E-state index contributed by atoms with van der Waals surface area (Å²) < 4.78 is 5.15. The zero-order valence-corrected chi connectivity index (χ0v) is 11.8. The first-order valence-electron chi connectivity index (χ1n) is 6.86. The van der Waals surface area contributed by atoms with Gasteiger partial charge in [-0.2, -0.15) is 0 Å². The van der Waals surface area contributed by atoms with E-state index in [9.17, 15) is 4.79 Å². The van der Waals surface area contributed by atoms with E-state index in [-0.39, 0.29) is 6.61 Å². The summed E-state index contributed by atoms with van der Waals surface area (Å²) in [6.07, 6.45) is 0.897. The molecule has 0 spiro atoms. The second kappa shape index (κ2) is 9.47. The maximum Gasteiger partial charge on any atom is 0.310 e. The molecule has 3 N–H and O–H groups in total. The van der Waals surface area contributed by atoms with Crippen molar-refractivity contribution in [3.8, 4) is 0 Å². The number of carboxylic acids is 1. The van der Waals surface area contributed by atoms with Gasteiger partial charge in [0.1, 0.15) is 0 Å². The third-order valence-electron chi connectivity index (χ3n) is 3.06. The van der Waals surface area contributed by atoms with E-state index >= 15 is 0 Å². The van der Waals surface area contributed by atoms with E-state index in [0.717, 1.165) is 30.6 Å². The normalized spacial score (nSPS) is 12.3. The predicted octanol–water partition coefficient (Wildman–Crippen LogP) is 1.36. The van der Waals surface area contributed by atoms with Crippen molar-refractivity contribution in [2.45, 2.75) is 25.8 Å². The molecule has 0 heterocycles. The Balaban J connectivity index is 2.23. The van der Waals surface area contributed by atoms with Crippen LogP contribution in [0.1, 0.15) is 30.4 Å². The molecule has 0 fully saturated rings. The van der Waals surface area contributed by atoms with E-state index in [4.69, 9.17) is 14.9 Å². The SMILES string of the molecule is CC(C(=O)O)c1ccc(CNCCCOCCO)cc1. The Hall–Kier alpha value is -1.43. The number of carboxylic acid groups (broad SMARTS) is 1. The molecule has 0 radical (unpaired) electrons. The molecule has 1 rings (SSSR count). The van der Waals surface area contributed by atoms with Crippen molar-refractivity contribution in [1.29, 1.82) is 0 Å². The van der Waals surface area contributed by atoms with Gasteiger partial charge in [-0.15, -0.1) is 0 Å². The van der Waals surface area contributed by atoms with E-state index in [1.165, 1.54) is 0 Å². The number of hydrogen-bond acceptors (Lipinski definition) is 4. The van der Waals surface area contributed by atoms with Crippen molar-refractivity contribution in [3.05, 3.63) is 35.4 Å². The summed E-state index contributed by atoms with van der Waals surface area (Å²) in [6, 6.07) is 7.62. The van der Waals surface area contributed by atoms with Crippen LogP contribution in [0.3, 0.4) is 0 Å². The first-order valence-corrected chi connectivity index (χ1v) is 6.86. The molecule has 112 valence electrons. The van der Waals surface area contributed by atoms with Crippen LogP contribution in [-0.2, 0) is 16.1 Å². The summed E-state index contributed by atoms with van der Waals surface area (Å²) in [5.41, 5.74) is 1.95. The number of nitrogens with one attached hydrogen (secondary N) is 1. The van der Waals surface area contributed by atoms with Crippen molar-refractivity contribution in [2.75, 3.05) is 26.4 Å². The summed E-state index contributed by atoms with van der Waals surface area (Å²) in [6.45, 7) is 4.38. The van der Waals surface area contributed by atoms with Crippen LogP contribution in [0, 0.1) is 0 Å². The Morgan fingerprint density at radius 2 is 2.00 bits per heavy atom. The number of aliphatic carboxylic acids is 1. The van der Waals surface area contributed by atoms with E-state index in [1.807, 2.05) is 24.3 Å². The zero-order chi connectivity index (χ0) is 14.8. The van der Waals surface area contributed by atoms with Gasteiger partial charge in [-0.05, 0) is 31.0 Å². The summed E-state index contributed by atoms with van der Waals surface area (Å²) >= 11 is 0. The molecule has 0 saturated heterocycles. The highest BCUT2D eigenvalue weighted by Gasteiger charge is 2.12. The lowest BCUT2D eigenvalue weighted by molar-refractivity contribution is -0.138. The van der Waals surface area contributed by atoms with Gasteiger partial charge in [0.15, 0.2) is 0 Å². The number of aliphatic hydroxyl groups excluding tert-OH is 1. The second-order valence-electron chi connectivity index (χ2n) is 4.67. The average Bonchev–Trinajstić information content (AvgIpc) is 2.46. The Morgan fingerprint density at radius 3 is 2.60 bits per heavy atom. The molecule has 0 bridgehead atoms. The Morgan fingerprint density at radius 1 is 1.30 bits per heavy atom. The number of ether oxygens (including phenoxy) is 1. The third-order valence-corrected chi connectivity index (χ3v) is 3.06. The maximum absolute atomic E-state index is 10.9. The first-order chi connectivity index (χ1) is 9.65. The van der Waals surface area contributed by atoms with Crippen LogP contribution in [0.15, 0.2) is 24.3 Å². The smallest absolute Gasteiger partial charge is 0.310 e. The van der Waals surface area contributed by atoms with Gasteiger partial charge in [0.25, 0.3) is 0 Å². The summed E-state index contributed by atoms with van der Waals surface area (Å²) in [4.78, 5) is 10.9. The van der Waals surface area contributed by atoms with Gasteiger partial charge in [-0.3, -0.25) is 4.79 Å². The minimum Gasteiger partial charge on any atom is -0.481 e. The molecule has 1 aromatic rings. The molecule has 0 aliphatic heterocycles. The van der Waals surface area contributed by atoms with Crippen LogP contribution >= 0.6 is 0 Å². The number of aliphatic hydroxyl groups is 1. The highest BCUT2D eigenvalue weighted by atomic mass is 16.5. The van der Waals surface area contributed by atoms with Crippen molar-refractivity contribution in [1.82, 2.24) is 5.32 Å². The van der Waals surface area contributed by atoms with E-state index in [2.05, 4.69) is 5.32 Å². The fraction of sp³-hybridized carbons (Fsp3) is 0.533. The van der Waals surface area contributed by atoms with Gasteiger partial charge in [0.05, 0.1) is 19.1 Å². The molecular weight excluding hydrogens is 258 g/mol. The molecule has 0 amide bonds. The maximum atomic E-state index is 10.9. The molecule has 5 nitrogen and oxygen atoms in total. The van der Waals surface area contributed by atoms with E-state index < -0.39 is 11.9 Å². The first kappa shape index (κ1) is 16.6. The lowest BCUT2D eigenvalue weighted by Gasteiger charge is -2.09. The van der Waals surface area contributed by atoms with Crippen molar-refractivity contribution < 1.29 is 19.7 Å². The van der Waals surface area contributed by atoms with Gasteiger partial charge in [-0.1, -0.05) is 24.3 Å². The second-order valence-corrected chi connectivity index (χ2v) is 4.67. The molecule has 5 heteroatoms. The van der Waals surface area contributed by atoms with Gasteiger partial charge >= 0.3 is 5.97 Å². The Bertz CT molecular complexity index is 391. The minimum atomic E-state index is -0.807. The molecule has 0 saturated carbocycles. The molecule has 1 aromatic carbocycles. The molecule has 20 heavy (non-hydrogen) atoms. The van der Waals surface area contributed by atoms with Crippen LogP contribution in [-0.4, -0.2) is 42.5 Å². The van der Waals surface area contributed by atoms with Crippen molar-refractivity contribution >= 4 is 5.97 Å². The minimum absolute atomic E-state index is 0.0640. The molecular formula is C15H23NO4. The highest BCUT2D eigenvalue weighted by Crippen LogP contribution is 2.15. The van der Waals surface area contributed by atoms with Crippen LogP contribution in [0.2, 0.25) is 0 Å². The number of benzene rings is 1. The van der Waals surface area contributed by atoms with Crippen molar-refractivity contribution in [2.24, 2.45) is 0 Å². The lowest BCUT2D eigenvalue weighted by Crippen LogP contribution is -2.17. The predicted molar refractivity (Wildman–Crippen MR) is 76.7 cm³/mol. The molecule has 0 aliphatic rings. The summed E-state index contributed by atoms with van der Waals surface area (Å²) in [5.74, 6) is -1.28. The Labute approximate surface area is 119 Å². The zero-order valence-electron chi connectivity index (χ0n) is 11.8. The summed E-state index contributed by atoms with van der Waals surface area (Å²) in [5, 5.41) is 20.8. The average molecular weight is 281 g/mol. The molecule has 0 aromatic heterocycles. The van der Waals surface area contributed by atoms with E-state index in [0.29, 0.717) is 13.2 Å². The quantitative estimate of drug-likeness (QED) is 0.564. The van der Waals surface area contributed by atoms with Crippen LogP contribution < -0.4 is 5.32 Å². The molecule has 1 atom stereocenters. The summed E-state index contributed by atoms with van der Waals surface area (Å²) in [7, 11) is 0. The van der Waals surface area contributed by atoms with Crippen LogP contribution in [0.5, 0.6) is 0 Å². The van der Waals surface area contributed by atoms with Crippen LogP contribution in [0.25, 0.3) is 0 Å². The highest BCUT2D eigenvalue weighted by molar-refractivity contribution is 5.75. The van der Waals surface area contributed by atoms with Gasteiger partial charge < -0.3 is 20.3 Å². The molecule has 0 aliphatic carbocycles. The van der Waals surface area contributed by atoms with Gasteiger partial charge in [0, 0.05) is 13.2 Å². The van der Waals surface area contributed by atoms with Crippen LogP contribution in [0.4, 0.5) is 0 Å². The Kier molecular flexibility index (Phi) is 7.87. The third kappa shape index (κ3) is 6.14. The fourth-order valence-corrected chi connectivity index (χ4v) is 1.77. The van der Waals surface area contributed by atoms with Gasteiger partial charge in [0.2, 0.25) is 0 Å². The van der Waals surface area contributed by atoms with Crippen molar-refractivity contribution in [3.63, 3.8) is 0 Å². The van der Waals surface area contributed by atoms with Gasteiger partial charge in [-0.25, -0.2) is 0 Å². The van der Waals surface area contributed by atoms with E-state index in [1.54, 1.807) is 6.92 Å².